The number of morpholine rings is 1. The first-order chi connectivity index (χ1) is 9.91. The average molecular weight is 291 g/mol. The first-order valence-electron chi connectivity index (χ1n) is 7.09. The van der Waals surface area contributed by atoms with E-state index in [4.69, 9.17) is 9.84 Å². The van der Waals surface area contributed by atoms with Crippen molar-refractivity contribution in [3.05, 3.63) is 35.9 Å². The molecule has 114 valence electrons. The minimum Gasteiger partial charge on any atom is -0.481 e. The molecule has 1 fully saturated rings. The van der Waals surface area contributed by atoms with Crippen molar-refractivity contribution in [3.63, 3.8) is 0 Å². The number of hydrogen-bond donors (Lipinski definition) is 1. The summed E-state index contributed by atoms with van der Waals surface area (Å²) in [4.78, 5) is 25.3. The number of carbonyl (C=O) groups is 2. The van der Waals surface area contributed by atoms with Crippen LogP contribution in [0.5, 0.6) is 0 Å². The number of carboxylic acids is 1. The zero-order valence-corrected chi connectivity index (χ0v) is 12.4. The summed E-state index contributed by atoms with van der Waals surface area (Å²) in [6.07, 6.45) is -0.498. The predicted octanol–water partition coefficient (Wildman–Crippen LogP) is 1.67. The third kappa shape index (κ3) is 3.61. The monoisotopic (exact) mass is 291 g/mol. The molecule has 1 amide bonds. The lowest BCUT2D eigenvalue weighted by Crippen LogP contribution is -2.51. The van der Waals surface area contributed by atoms with Gasteiger partial charge >= 0.3 is 5.97 Å². The minimum atomic E-state index is -0.906. The van der Waals surface area contributed by atoms with Crippen LogP contribution >= 0.6 is 0 Å². The summed E-state index contributed by atoms with van der Waals surface area (Å²) in [6, 6.07) is 9.62. The number of ether oxygens (including phenoxy) is 1. The zero-order valence-electron chi connectivity index (χ0n) is 12.4. The van der Waals surface area contributed by atoms with Gasteiger partial charge in [-0.25, -0.2) is 0 Å². The quantitative estimate of drug-likeness (QED) is 0.916. The standard InChI is InChI=1S/C16H21NO4/c1-16(2,12-6-4-3-5-7-12)15(20)17-8-9-21-13(11-17)10-14(18)19/h3-7,13H,8-11H2,1-2H3,(H,18,19)/t13-/m0/s1. The van der Waals surface area contributed by atoms with E-state index in [2.05, 4.69) is 0 Å². The van der Waals surface area contributed by atoms with E-state index in [1.165, 1.54) is 0 Å². The maximum Gasteiger partial charge on any atom is 0.306 e. The summed E-state index contributed by atoms with van der Waals surface area (Å²) < 4.78 is 5.41. The van der Waals surface area contributed by atoms with E-state index in [0.29, 0.717) is 19.7 Å². The Bertz CT molecular complexity index is 512. The maximum atomic E-state index is 12.8. The fourth-order valence-corrected chi connectivity index (χ4v) is 2.60. The number of hydrogen-bond acceptors (Lipinski definition) is 3. The molecule has 1 aromatic rings. The van der Waals surface area contributed by atoms with E-state index in [-0.39, 0.29) is 12.3 Å². The van der Waals surface area contributed by atoms with Gasteiger partial charge in [0, 0.05) is 13.1 Å². The molecule has 5 nitrogen and oxygen atoms in total. The van der Waals surface area contributed by atoms with Crippen molar-refractivity contribution in [2.24, 2.45) is 0 Å². The minimum absolute atomic E-state index is 0.00684. The van der Waals surface area contributed by atoms with Gasteiger partial charge in [0.25, 0.3) is 0 Å². The van der Waals surface area contributed by atoms with Gasteiger partial charge in [-0.1, -0.05) is 30.3 Å². The predicted molar refractivity (Wildman–Crippen MR) is 78.0 cm³/mol. The first-order valence-corrected chi connectivity index (χ1v) is 7.09. The molecule has 0 unspecified atom stereocenters. The van der Waals surface area contributed by atoms with Gasteiger partial charge in [0.1, 0.15) is 0 Å². The van der Waals surface area contributed by atoms with Crippen LogP contribution in [0.2, 0.25) is 0 Å². The van der Waals surface area contributed by atoms with Gasteiger partial charge in [-0.3, -0.25) is 9.59 Å². The average Bonchev–Trinajstić information content (AvgIpc) is 2.47. The van der Waals surface area contributed by atoms with Crippen LogP contribution in [-0.2, 0) is 19.7 Å². The van der Waals surface area contributed by atoms with E-state index >= 15 is 0 Å². The summed E-state index contributed by atoms with van der Waals surface area (Å²) in [5, 5.41) is 8.85. The third-order valence-corrected chi connectivity index (χ3v) is 3.86. The normalized spacial score (nSPS) is 19.3. The van der Waals surface area contributed by atoms with Crippen LogP contribution in [0, 0.1) is 0 Å². The van der Waals surface area contributed by atoms with Crippen LogP contribution in [0.3, 0.4) is 0 Å². The second-order valence-corrected chi connectivity index (χ2v) is 5.83. The largest absolute Gasteiger partial charge is 0.481 e. The Morgan fingerprint density at radius 1 is 1.33 bits per heavy atom. The van der Waals surface area contributed by atoms with Gasteiger partial charge < -0.3 is 14.7 Å². The Morgan fingerprint density at radius 3 is 2.62 bits per heavy atom. The number of benzene rings is 1. The second kappa shape index (κ2) is 6.26. The maximum absolute atomic E-state index is 12.8. The molecule has 1 N–H and O–H groups in total. The molecule has 2 rings (SSSR count). The van der Waals surface area contributed by atoms with E-state index in [0.717, 1.165) is 5.56 Å². The Hall–Kier alpha value is -1.88. The molecule has 1 aromatic carbocycles. The molecule has 0 radical (unpaired) electrons. The third-order valence-electron chi connectivity index (χ3n) is 3.86. The van der Waals surface area contributed by atoms with Crippen LogP contribution in [0.15, 0.2) is 30.3 Å². The highest BCUT2D eigenvalue weighted by molar-refractivity contribution is 5.87. The van der Waals surface area contributed by atoms with Crippen molar-refractivity contribution in [1.82, 2.24) is 4.90 Å². The van der Waals surface area contributed by atoms with Gasteiger partial charge in [0.2, 0.25) is 5.91 Å². The highest BCUT2D eigenvalue weighted by Gasteiger charge is 2.36. The summed E-state index contributed by atoms with van der Waals surface area (Å²) in [5.74, 6) is -0.899. The van der Waals surface area contributed by atoms with Crippen molar-refractivity contribution >= 4 is 11.9 Å². The van der Waals surface area contributed by atoms with E-state index in [1.807, 2.05) is 44.2 Å². The first kappa shape index (κ1) is 15.5. The lowest BCUT2D eigenvalue weighted by Gasteiger charge is -2.37. The number of nitrogens with zero attached hydrogens (tertiary/aromatic N) is 1. The number of rotatable bonds is 4. The van der Waals surface area contributed by atoms with E-state index in [1.54, 1.807) is 4.90 Å². The molecule has 0 aromatic heterocycles. The number of carbonyl (C=O) groups excluding carboxylic acids is 1. The lowest BCUT2D eigenvalue weighted by atomic mass is 9.83. The molecule has 0 saturated carbocycles. The van der Waals surface area contributed by atoms with E-state index in [9.17, 15) is 9.59 Å². The second-order valence-electron chi connectivity index (χ2n) is 5.83. The molecule has 1 saturated heterocycles. The fraction of sp³-hybridized carbons (Fsp3) is 0.500. The molecule has 1 aliphatic rings. The van der Waals surface area contributed by atoms with Crippen LogP contribution in [-0.4, -0.2) is 47.7 Å². The Labute approximate surface area is 124 Å². The van der Waals surface area contributed by atoms with Gasteiger partial charge in [0.05, 0.1) is 24.5 Å². The van der Waals surface area contributed by atoms with Gasteiger partial charge in [0.15, 0.2) is 0 Å². The fourth-order valence-electron chi connectivity index (χ4n) is 2.60. The summed E-state index contributed by atoms with van der Waals surface area (Å²) in [7, 11) is 0. The van der Waals surface area contributed by atoms with Crippen molar-refractivity contribution in [2.75, 3.05) is 19.7 Å². The van der Waals surface area contributed by atoms with Crippen molar-refractivity contribution in [2.45, 2.75) is 31.8 Å². The molecule has 0 spiro atoms. The topological polar surface area (TPSA) is 66.8 Å². The zero-order chi connectivity index (χ0) is 15.5. The molecular formula is C16H21NO4. The Morgan fingerprint density at radius 2 is 2.00 bits per heavy atom. The lowest BCUT2D eigenvalue weighted by molar-refractivity contribution is -0.150. The SMILES string of the molecule is CC(C)(C(=O)N1CCO[C@@H](CC(=O)O)C1)c1ccccc1. The van der Waals surface area contributed by atoms with Gasteiger partial charge in [-0.2, -0.15) is 0 Å². The molecule has 0 aliphatic carbocycles. The summed E-state index contributed by atoms with van der Waals surface area (Å²) in [5.41, 5.74) is 0.322. The molecule has 1 atom stereocenters. The molecule has 5 heteroatoms. The summed E-state index contributed by atoms with van der Waals surface area (Å²) in [6.45, 7) is 5.01. The Kier molecular flexibility index (Phi) is 4.63. The molecular weight excluding hydrogens is 270 g/mol. The molecule has 1 aliphatic heterocycles. The van der Waals surface area contributed by atoms with Crippen LogP contribution in [0.25, 0.3) is 0 Å². The molecule has 1 heterocycles. The smallest absolute Gasteiger partial charge is 0.306 e. The molecule has 0 bridgehead atoms. The molecule has 21 heavy (non-hydrogen) atoms. The highest BCUT2D eigenvalue weighted by Crippen LogP contribution is 2.26. The van der Waals surface area contributed by atoms with Crippen LogP contribution in [0.1, 0.15) is 25.8 Å². The number of aliphatic carboxylic acids is 1. The highest BCUT2D eigenvalue weighted by atomic mass is 16.5. The Balaban J connectivity index is 2.10. The van der Waals surface area contributed by atoms with Crippen molar-refractivity contribution in [3.8, 4) is 0 Å². The van der Waals surface area contributed by atoms with Crippen molar-refractivity contribution in [1.29, 1.82) is 0 Å². The van der Waals surface area contributed by atoms with Crippen LogP contribution < -0.4 is 0 Å². The van der Waals surface area contributed by atoms with Gasteiger partial charge in [-0.05, 0) is 19.4 Å². The van der Waals surface area contributed by atoms with Crippen molar-refractivity contribution < 1.29 is 19.4 Å². The van der Waals surface area contributed by atoms with E-state index < -0.39 is 17.5 Å². The van der Waals surface area contributed by atoms with Crippen LogP contribution in [0.4, 0.5) is 0 Å². The van der Waals surface area contributed by atoms with Gasteiger partial charge in [-0.15, -0.1) is 0 Å². The summed E-state index contributed by atoms with van der Waals surface area (Å²) >= 11 is 0. The number of carboxylic acid groups (broad SMARTS) is 1. The number of amides is 1.